The molecule has 0 saturated heterocycles. The zero-order chi connectivity index (χ0) is 22.2. The van der Waals surface area contributed by atoms with Gasteiger partial charge < -0.3 is 14.5 Å². The van der Waals surface area contributed by atoms with E-state index in [1.54, 1.807) is 34.7 Å². The molecule has 7 nitrogen and oxygen atoms in total. The Bertz CT molecular complexity index is 1060. The quantitative estimate of drug-likeness (QED) is 0.387. The van der Waals surface area contributed by atoms with Crippen molar-refractivity contribution in [1.29, 1.82) is 0 Å². The van der Waals surface area contributed by atoms with Crippen LogP contribution in [-0.4, -0.2) is 38.0 Å². The number of benzene rings is 1. The Morgan fingerprint density at radius 3 is 2.61 bits per heavy atom. The average Bonchev–Trinajstić information content (AvgIpc) is 3.14. The van der Waals surface area contributed by atoms with Crippen LogP contribution in [0.25, 0.3) is 0 Å². The number of hydrogen-bond donors (Lipinski definition) is 1. The second-order valence-corrected chi connectivity index (χ2v) is 8.58. The molecule has 2 heterocycles. The number of aryl methyl sites for hydroxylation is 1. The normalized spacial score (nSPS) is 11.1. The lowest BCUT2D eigenvalue weighted by molar-refractivity contribution is 0.0951. The molecule has 2 aromatic heterocycles. The number of carbonyl (C=O) groups is 1. The van der Waals surface area contributed by atoms with Crippen molar-refractivity contribution in [1.82, 2.24) is 24.6 Å². The van der Waals surface area contributed by atoms with Crippen molar-refractivity contribution in [3.8, 4) is 0 Å². The van der Waals surface area contributed by atoms with Gasteiger partial charge in [-0.05, 0) is 36.3 Å². The first-order valence-corrected chi connectivity index (χ1v) is 11.7. The molecular weight excluding hydrogens is 410 g/mol. The van der Waals surface area contributed by atoms with Crippen LogP contribution >= 0.6 is 11.8 Å². The van der Waals surface area contributed by atoms with Crippen LogP contribution in [0.1, 0.15) is 42.0 Å². The second kappa shape index (κ2) is 10.9. The molecule has 0 aliphatic heterocycles. The molecule has 0 radical (unpaired) electrons. The maximum Gasteiger partial charge on any atom is 0.263 e. The Kier molecular flexibility index (Phi) is 8.06. The highest BCUT2D eigenvalue weighted by Crippen LogP contribution is 2.16. The van der Waals surface area contributed by atoms with Gasteiger partial charge in [-0.2, -0.15) is 0 Å². The van der Waals surface area contributed by atoms with E-state index in [9.17, 15) is 9.59 Å². The lowest BCUT2D eigenvalue weighted by atomic mass is 10.2. The van der Waals surface area contributed by atoms with Crippen LogP contribution in [0.15, 0.2) is 58.6 Å². The van der Waals surface area contributed by atoms with Crippen molar-refractivity contribution < 1.29 is 4.79 Å². The van der Waals surface area contributed by atoms with Gasteiger partial charge in [-0.25, -0.2) is 0 Å². The average molecular weight is 440 g/mol. The van der Waals surface area contributed by atoms with Gasteiger partial charge in [-0.3, -0.25) is 9.59 Å². The van der Waals surface area contributed by atoms with E-state index in [-0.39, 0.29) is 17.0 Å². The first-order valence-electron chi connectivity index (χ1n) is 10.5. The molecule has 0 spiro atoms. The lowest BCUT2D eigenvalue weighted by Gasteiger charge is -2.12. The molecule has 0 aliphatic carbocycles. The minimum atomic E-state index is -0.346. The first-order chi connectivity index (χ1) is 15.0. The van der Waals surface area contributed by atoms with Gasteiger partial charge in [0.05, 0.1) is 6.54 Å². The first kappa shape index (κ1) is 22.8. The van der Waals surface area contributed by atoms with Crippen molar-refractivity contribution in [3.63, 3.8) is 0 Å². The molecule has 1 N–H and O–H groups in total. The third-order valence-corrected chi connectivity index (χ3v) is 5.51. The highest BCUT2D eigenvalue weighted by Gasteiger charge is 2.14. The van der Waals surface area contributed by atoms with Crippen LogP contribution in [0.5, 0.6) is 0 Å². The van der Waals surface area contributed by atoms with Gasteiger partial charge in [0.1, 0.15) is 11.4 Å². The summed E-state index contributed by atoms with van der Waals surface area (Å²) in [5.41, 5.74) is 0.883. The Labute approximate surface area is 186 Å². The highest BCUT2D eigenvalue weighted by atomic mass is 32.2. The number of pyridine rings is 1. The molecule has 164 valence electrons. The maximum absolute atomic E-state index is 12.7. The van der Waals surface area contributed by atoms with Crippen LogP contribution in [-0.2, 0) is 19.5 Å². The van der Waals surface area contributed by atoms with Crippen molar-refractivity contribution >= 4 is 17.7 Å². The zero-order valence-electron chi connectivity index (χ0n) is 18.2. The Morgan fingerprint density at radius 1 is 1.13 bits per heavy atom. The third kappa shape index (κ3) is 6.07. The third-order valence-electron chi connectivity index (χ3n) is 4.85. The molecule has 0 saturated carbocycles. The van der Waals surface area contributed by atoms with E-state index < -0.39 is 0 Å². The van der Waals surface area contributed by atoms with Gasteiger partial charge in [-0.15, -0.1) is 10.2 Å². The van der Waals surface area contributed by atoms with Crippen LogP contribution in [0.3, 0.4) is 0 Å². The number of hydrogen-bond acceptors (Lipinski definition) is 5. The van der Waals surface area contributed by atoms with Gasteiger partial charge in [0.15, 0.2) is 5.16 Å². The summed E-state index contributed by atoms with van der Waals surface area (Å²) < 4.78 is 3.71. The number of nitrogens with one attached hydrogen (secondary N) is 1. The molecule has 3 aromatic rings. The molecule has 0 atom stereocenters. The van der Waals surface area contributed by atoms with Crippen LogP contribution < -0.4 is 10.9 Å². The van der Waals surface area contributed by atoms with E-state index >= 15 is 0 Å². The summed E-state index contributed by atoms with van der Waals surface area (Å²) >= 11 is 1.59. The van der Waals surface area contributed by atoms with E-state index in [1.165, 1.54) is 0 Å². The summed E-state index contributed by atoms with van der Waals surface area (Å²) in [7, 11) is 0. The molecule has 0 bridgehead atoms. The largest absolute Gasteiger partial charge is 0.352 e. The number of thioether (sulfide) groups is 1. The van der Waals surface area contributed by atoms with Gasteiger partial charge in [0, 0.05) is 25.7 Å². The van der Waals surface area contributed by atoms with Crippen molar-refractivity contribution in [2.24, 2.45) is 5.92 Å². The number of rotatable bonds is 10. The fraction of sp³-hybridized carbons (Fsp3) is 0.391. The van der Waals surface area contributed by atoms with Crippen molar-refractivity contribution in [2.45, 2.75) is 44.9 Å². The minimum Gasteiger partial charge on any atom is -0.352 e. The Hall–Kier alpha value is -2.87. The number of aromatic nitrogens is 4. The highest BCUT2D eigenvalue weighted by molar-refractivity contribution is 7.98. The monoisotopic (exact) mass is 439 g/mol. The fourth-order valence-electron chi connectivity index (χ4n) is 3.36. The molecule has 31 heavy (non-hydrogen) atoms. The summed E-state index contributed by atoms with van der Waals surface area (Å²) in [5, 5.41) is 12.3. The molecule has 1 aromatic carbocycles. The van der Waals surface area contributed by atoms with E-state index in [0.717, 1.165) is 29.5 Å². The Balaban J connectivity index is 1.58. The smallest absolute Gasteiger partial charge is 0.263 e. The van der Waals surface area contributed by atoms with Crippen LogP contribution in [0.4, 0.5) is 0 Å². The maximum atomic E-state index is 12.7. The predicted octanol–water partition coefficient (Wildman–Crippen LogP) is 3.23. The van der Waals surface area contributed by atoms with Crippen molar-refractivity contribution in [2.75, 3.05) is 12.8 Å². The van der Waals surface area contributed by atoms with E-state index in [1.807, 2.05) is 36.6 Å². The molecule has 0 aliphatic rings. The molecular formula is C23H29N5O2S. The summed E-state index contributed by atoms with van der Waals surface area (Å²) in [5.74, 6) is 1.08. The van der Waals surface area contributed by atoms with Gasteiger partial charge in [-0.1, -0.05) is 55.9 Å². The van der Waals surface area contributed by atoms with E-state index in [0.29, 0.717) is 25.4 Å². The topological polar surface area (TPSA) is 81.8 Å². The van der Waals surface area contributed by atoms with Crippen LogP contribution in [0.2, 0.25) is 0 Å². The molecule has 0 fully saturated rings. The van der Waals surface area contributed by atoms with Gasteiger partial charge in [0.2, 0.25) is 0 Å². The summed E-state index contributed by atoms with van der Waals surface area (Å²) in [6.45, 7) is 6.10. The summed E-state index contributed by atoms with van der Waals surface area (Å²) in [4.78, 5) is 25.3. The van der Waals surface area contributed by atoms with Gasteiger partial charge >= 0.3 is 0 Å². The molecule has 3 rings (SSSR count). The minimum absolute atomic E-state index is 0.158. The summed E-state index contributed by atoms with van der Waals surface area (Å²) in [6.07, 6.45) is 5.14. The number of carbonyl (C=O) groups excluding carboxylic acids is 1. The Morgan fingerprint density at radius 2 is 1.90 bits per heavy atom. The van der Waals surface area contributed by atoms with E-state index in [4.69, 9.17) is 0 Å². The number of nitrogens with zero attached hydrogens (tertiary/aromatic N) is 4. The SMILES string of the molecule is CSc1nnc(CCCNC(=O)c2cccn(Cc3ccccc3)c2=O)n1CC(C)C. The van der Waals surface area contributed by atoms with E-state index in [2.05, 4.69) is 33.9 Å². The van der Waals surface area contributed by atoms with Gasteiger partial charge in [0.25, 0.3) is 11.5 Å². The molecule has 1 amide bonds. The van der Waals surface area contributed by atoms with Crippen LogP contribution in [0, 0.1) is 5.92 Å². The number of amides is 1. The molecule has 8 heteroatoms. The fourth-order valence-corrected chi connectivity index (χ4v) is 3.88. The van der Waals surface area contributed by atoms with Crippen molar-refractivity contribution in [3.05, 3.63) is 76.0 Å². The lowest BCUT2D eigenvalue weighted by Crippen LogP contribution is -2.33. The molecule has 0 unspecified atom stereocenters. The summed E-state index contributed by atoms with van der Waals surface area (Å²) in [6, 6.07) is 13.0. The second-order valence-electron chi connectivity index (χ2n) is 7.81. The predicted molar refractivity (Wildman–Crippen MR) is 124 cm³/mol. The zero-order valence-corrected chi connectivity index (χ0v) is 19.1. The standard InChI is InChI=1S/C23H29N5O2S/c1-17(2)15-28-20(25-26-23(28)31-3)12-7-13-24-21(29)19-11-8-14-27(22(19)30)16-18-9-5-4-6-10-18/h4-6,8-11,14,17H,7,12-13,15-16H2,1-3H3,(H,24,29).